The third kappa shape index (κ3) is 1.72. The molecule has 5 nitrogen and oxygen atoms in total. The molecule has 93 valence electrons. The number of anilines is 1. The van der Waals surface area contributed by atoms with Crippen LogP contribution >= 0.6 is 0 Å². The number of amides is 1. The molecule has 5 heteroatoms. The largest absolute Gasteiger partial charge is 0.370 e. The van der Waals surface area contributed by atoms with E-state index >= 15 is 0 Å². The Morgan fingerprint density at radius 2 is 2.17 bits per heavy atom. The summed E-state index contributed by atoms with van der Waals surface area (Å²) in [7, 11) is 0. The molecule has 0 unspecified atom stereocenters. The summed E-state index contributed by atoms with van der Waals surface area (Å²) in [4.78, 5) is 21.2. The minimum Gasteiger partial charge on any atom is -0.370 e. The third-order valence-corrected chi connectivity index (χ3v) is 3.43. The summed E-state index contributed by atoms with van der Waals surface area (Å²) in [5.74, 6) is -0.418. The van der Waals surface area contributed by atoms with E-state index in [4.69, 9.17) is 5.73 Å². The lowest BCUT2D eigenvalue weighted by atomic mass is 10.1. The van der Waals surface area contributed by atoms with Crippen molar-refractivity contribution in [2.45, 2.75) is 19.3 Å². The normalized spacial score (nSPS) is 16.1. The van der Waals surface area contributed by atoms with Crippen LogP contribution in [0.3, 0.4) is 0 Å². The molecular weight excluding hydrogens is 228 g/mol. The van der Waals surface area contributed by atoms with Crippen LogP contribution in [0.2, 0.25) is 0 Å². The van der Waals surface area contributed by atoms with Crippen LogP contribution < -0.4 is 10.6 Å². The number of carbonyl (C=O) groups excluding carboxylic acids is 1. The lowest BCUT2D eigenvalue weighted by Gasteiger charge is -2.29. The zero-order valence-corrected chi connectivity index (χ0v) is 10.1. The first kappa shape index (κ1) is 11.1. The monoisotopic (exact) mass is 243 g/mol. The molecule has 18 heavy (non-hydrogen) atoms. The highest BCUT2D eigenvalue weighted by Gasteiger charge is 2.20. The van der Waals surface area contributed by atoms with Gasteiger partial charge in [0.05, 0.1) is 17.4 Å². The van der Waals surface area contributed by atoms with E-state index in [9.17, 15) is 4.79 Å². The molecule has 1 aliphatic rings. The summed E-state index contributed by atoms with van der Waals surface area (Å²) in [6, 6.07) is 3.00. The number of H-pyrrole nitrogens is 1. The Labute approximate surface area is 105 Å². The van der Waals surface area contributed by atoms with Gasteiger partial charge in [-0.3, -0.25) is 4.79 Å². The van der Waals surface area contributed by atoms with Crippen LogP contribution in [0.25, 0.3) is 11.0 Å². The molecule has 3 heterocycles. The second-order valence-electron chi connectivity index (χ2n) is 4.59. The topological polar surface area (TPSA) is 75.0 Å². The van der Waals surface area contributed by atoms with E-state index in [1.54, 1.807) is 12.4 Å². The highest BCUT2D eigenvalue weighted by atomic mass is 16.1. The van der Waals surface area contributed by atoms with E-state index < -0.39 is 5.91 Å². The average molecular weight is 243 g/mol. The summed E-state index contributed by atoms with van der Waals surface area (Å²) in [5, 5.41) is 0.686. The molecule has 0 atom stereocenters. The van der Waals surface area contributed by atoms with Crippen molar-refractivity contribution < 1.29 is 4.79 Å². The molecule has 1 radical (unpaired) electrons. The number of nitrogens with two attached hydrogens (primary N) is 1. The van der Waals surface area contributed by atoms with Gasteiger partial charge in [0.1, 0.15) is 5.65 Å². The number of aromatic nitrogens is 2. The third-order valence-electron chi connectivity index (χ3n) is 3.43. The first-order valence-electron chi connectivity index (χ1n) is 6.20. The van der Waals surface area contributed by atoms with Gasteiger partial charge in [0.25, 0.3) is 5.91 Å². The van der Waals surface area contributed by atoms with Gasteiger partial charge in [-0.25, -0.2) is 4.98 Å². The minimum atomic E-state index is -0.418. The van der Waals surface area contributed by atoms with Crippen molar-refractivity contribution in [2.75, 3.05) is 18.0 Å². The molecule has 1 amide bonds. The van der Waals surface area contributed by atoms with Gasteiger partial charge in [-0.1, -0.05) is 0 Å². The molecule has 0 bridgehead atoms. The maximum atomic E-state index is 11.7. The van der Waals surface area contributed by atoms with E-state index in [0.29, 0.717) is 16.6 Å². The lowest BCUT2D eigenvalue weighted by molar-refractivity contribution is 0.100. The van der Waals surface area contributed by atoms with E-state index in [-0.39, 0.29) is 0 Å². The van der Waals surface area contributed by atoms with Crippen molar-refractivity contribution in [3.8, 4) is 0 Å². The highest BCUT2D eigenvalue weighted by molar-refractivity contribution is 6.09. The van der Waals surface area contributed by atoms with Crippen molar-refractivity contribution in [1.29, 1.82) is 0 Å². The maximum absolute atomic E-state index is 11.7. The number of carbonyl (C=O) groups is 1. The fraction of sp³-hybridized carbons (Fsp3) is 0.385. The Hall–Kier alpha value is -2.04. The zero-order chi connectivity index (χ0) is 12.5. The fourth-order valence-electron chi connectivity index (χ4n) is 2.55. The van der Waals surface area contributed by atoms with Crippen molar-refractivity contribution in [2.24, 2.45) is 5.73 Å². The van der Waals surface area contributed by atoms with Crippen LogP contribution in [0.5, 0.6) is 0 Å². The van der Waals surface area contributed by atoms with Gasteiger partial charge in [0.15, 0.2) is 0 Å². The Kier molecular flexibility index (Phi) is 2.66. The SMILES string of the molecule is NC(=O)c1c(N2CCCCC2)cnc2[nH]c[c]c12. The number of fused-ring (bicyclic) bond motifs is 1. The number of hydrogen-bond donors (Lipinski definition) is 2. The summed E-state index contributed by atoms with van der Waals surface area (Å²) < 4.78 is 0. The van der Waals surface area contributed by atoms with Crippen molar-refractivity contribution >= 4 is 22.6 Å². The molecule has 1 saturated heterocycles. The number of nitrogens with one attached hydrogen (secondary N) is 1. The van der Waals surface area contributed by atoms with E-state index in [1.807, 2.05) is 0 Å². The molecule has 2 aromatic rings. The Bertz CT molecular complexity index is 584. The van der Waals surface area contributed by atoms with Crippen molar-refractivity contribution in [3.63, 3.8) is 0 Å². The molecule has 2 aromatic heterocycles. The number of aromatic amines is 1. The zero-order valence-electron chi connectivity index (χ0n) is 10.1. The van der Waals surface area contributed by atoms with Crippen LogP contribution in [0.1, 0.15) is 29.6 Å². The van der Waals surface area contributed by atoms with Crippen LogP contribution in [0.15, 0.2) is 12.4 Å². The standard InChI is InChI=1S/C13H15N4O/c14-12(18)11-9-4-5-15-13(9)16-8-10(11)17-6-2-1-3-7-17/h5,8H,1-3,6-7H2,(H2,14,18)(H,15,16). The molecule has 0 aliphatic carbocycles. The second kappa shape index (κ2) is 4.33. The summed E-state index contributed by atoms with van der Waals surface area (Å²) >= 11 is 0. The van der Waals surface area contributed by atoms with Crippen LogP contribution in [0.4, 0.5) is 5.69 Å². The van der Waals surface area contributed by atoms with Gasteiger partial charge in [-0.15, -0.1) is 0 Å². The van der Waals surface area contributed by atoms with E-state index in [0.717, 1.165) is 31.6 Å². The van der Waals surface area contributed by atoms with Crippen molar-refractivity contribution in [3.05, 3.63) is 24.0 Å². The molecule has 0 aromatic carbocycles. The fourth-order valence-corrected chi connectivity index (χ4v) is 2.55. The van der Waals surface area contributed by atoms with Crippen molar-refractivity contribution in [1.82, 2.24) is 9.97 Å². The summed E-state index contributed by atoms with van der Waals surface area (Å²) in [6.07, 6.45) is 6.93. The van der Waals surface area contributed by atoms with Gasteiger partial charge in [-0.05, 0) is 19.3 Å². The molecule has 1 aliphatic heterocycles. The van der Waals surface area contributed by atoms with Crippen LogP contribution in [0, 0.1) is 6.07 Å². The van der Waals surface area contributed by atoms with Gasteiger partial charge >= 0.3 is 0 Å². The minimum absolute atomic E-state index is 0.418. The van der Waals surface area contributed by atoms with Gasteiger partial charge in [-0.2, -0.15) is 0 Å². The molecule has 3 N–H and O–H groups in total. The van der Waals surface area contributed by atoms with Gasteiger partial charge < -0.3 is 15.6 Å². The number of pyridine rings is 1. The predicted molar refractivity (Wildman–Crippen MR) is 69.5 cm³/mol. The van der Waals surface area contributed by atoms with E-state index in [1.165, 1.54) is 6.42 Å². The first-order valence-corrected chi connectivity index (χ1v) is 6.20. The predicted octanol–water partition coefficient (Wildman–Crippen LogP) is 1.45. The number of hydrogen-bond acceptors (Lipinski definition) is 3. The van der Waals surface area contributed by atoms with Gasteiger partial charge in [0.2, 0.25) is 0 Å². The molecule has 1 fully saturated rings. The number of rotatable bonds is 2. The van der Waals surface area contributed by atoms with Crippen LogP contribution in [-0.4, -0.2) is 29.0 Å². The summed E-state index contributed by atoms with van der Waals surface area (Å²) in [6.45, 7) is 1.91. The Balaban J connectivity index is 2.14. The molecule has 3 rings (SSSR count). The quantitative estimate of drug-likeness (QED) is 0.838. The average Bonchev–Trinajstić information content (AvgIpc) is 2.86. The van der Waals surface area contributed by atoms with E-state index in [2.05, 4.69) is 20.9 Å². The second-order valence-corrected chi connectivity index (χ2v) is 4.59. The molecule has 0 saturated carbocycles. The Morgan fingerprint density at radius 3 is 2.89 bits per heavy atom. The summed E-state index contributed by atoms with van der Waals surface area (Å²) in [5.41, 5.74) is 7.55. The lowest BCUT2D eigenvalue weighted by Crippen LogP contribution is -2.31. The Morgan fingerprint density at radius 1 is 1.39 bits per heavy atom. The van der Waals surface area contributed by atoms with Crippen LogP contribution in [-0.2, 0) is 0 Å². The molecular formula is C13H15N4O. The number of piperidine rings is 1. The number of nitrogens with zero attached hydrogens (tertiary/aromatic N) is 2. The smallest absolute Gasteiger partial charge is 0.251 e. The molecule has 0 spiro atoms. The number of primary amides is 1. The maximum Gasteiger partial charge on any atom is 0.251 e. The first-order chi connectivity index (χ1) is 8.77. The van der Waals surface area contributed by atoms with Gasteiger partial charge in [0, 0.05) is 30.7 Å². The highest BCUT2D eigenvalue weighted by Crippen LogP contribution is 2.28.